The van der Waals surface area contributed by atoms with Crippen LogP contribution in [0.2, 0.25) is 0 Å². The van der Waals surface area contributed by atoms with E-state index in [2.05, 4.69) is 6.92 Å². The molecule has 1 atom stereocenters. The van der Waals surface area contributed by atoms with Crippen LogP contribution in [0.3, 0.4) is 0 Å². The zero-order valence-corrected chi connectivity index (χ0v) is 7.69. The lowest BCUT2D eigenvalue weighted by Gasteiger charge is -2.21. The second-order valence-electron chi connectivity index (χ2n) is 3.09. The Bertz CT molecular complexity index is 163. The van der Waals surface area contributed by atoms with Gasteiger partial charge in [0, 0.05) is 5.03 Å². The predicted octanol–water partition coefficient (Wildman–Crippen LogP) is 2.82. The average Bonchev–Trinajstić information content (AvgIpc) is 1.97. The van der Waals surface area contributed by atoms with Gasteiger partial charge in [0.05, 0.1) is 6.10 Å². The highest BCUT2D eigenvalue weighted by Crippen LogP contribution is 2.30. The van der Waals surface area contributed by atoms with Crippen LogP contribution in [0, 0.1) is 0 Å². The van der Waals surface area contributed by atoms with Gasteiger partial charge in [0.25, 0.3) is 0 Å². The van der Waals surface area contributed by atoms with Gasteiger partial charge in [-0.3, -0.25) is 0 Å². The maximum atomic E-state index is 9.53. The van der Waals surface area contributed by atoms with Crippen molar-refractivity contribution >= 4 is 11.6 Å². The molecule has 0 aromatic rings. The molecule has 1 aliphatic rings. The molecule has 0 saturated carbocycles. The molecule has 0 aromatic heterocycles. The minimum Gasteiger partial charge on any atom is -0.389 e. The number of halogens is 1. The van der Waals surface area contributed by atoms with Gasteiger partial charge in [0.1, 0.15) is 0 Å². The molecule has 0 amide bonds. The van der Waals surface area contributed by atoms with Crippen molar-refractivity contribution < 1.29 is 5.11 Å². The molecule has 1 unspecified atom stereocenters. The van der Waals surface area contributed by atoms with Crippen molar-refractivity contribution in [2.75, 3.05) is 0 Å². The van der Waals surface area contributed by atoms with Crippen LogP contribution in [0.5, 0.6) is 0 Å². The molecule has 0 radical (unpaired) electrons. The molecular formula is C9H15ClO. The number of aliphatic hydroxyl groups is 1. The topological polar surface area (TPSA) is 20.2 Å². The third-order valence-corrected chi connectivity index (χ3v) is 2.58. The van der Waals surface area contributed by atoms with E-state index < -0.39 is 0 Å². The molecule has 0 aliphatic heterocycles. The van der Waals surface area contributed by atoms with Crippen molar-refractivity contribution in [1.29, 1.82) is 0 Å². The minimum atomic E-state index is -0.254. The Hall–Kier alpha value is -0.0100. The summed E-state index contributed by atoms with van der Waals surface area (Å²) in [6, 6.07) is 0. The Balaban J connectivity index is 2.66. The summed E-state index contributed by atoms with van der Waals surface area (Å²) in [6.45, 7) is 2.11. The molecule has 64 valence electrons. The fourth-order valence-corrected chi connectivity index (χ4v) is 1.89. The highest BCUT2D eigenvalue weighted by atomic mass is 35.5. The van der Waals surface area contributed by atoms with Crippen LogP contribution < -0.4 is 0 Å². The van der Waals surface area contributed by atoms with Crippen molar-refractivity contribution in [3.05, 3.63) is 10.6 Å². The molecule has 1 aliphatic carbocycles. The van der Waals surface area contributed by atoms with Crippen LogP contribution in [0.1, 0.15) is 39.0 Å². The maximum Gasteiger partial charge on any atom is 0.0764 e. The van der Waals surface area contributed by atoms with Gasteiger partial charge in [-0.1, -0.05) is 24.9 Å². The van der Waals surface area contributed by atoms with Gasteiger partial charge in [-0.05, 0) is 31.3 Å². The molecule has 1 rings (SSSR count). The van der Waals surface area contributed by atoms with Gasteiger partial charge in [-0.25, -0.2) is 0 Å². The monoisotopic (exact) mass is 174 g/mol. The number of hydrogen-bond acceptors (Lipinski definition) is 1. The summed E-state index contributed by atoms with van der Waals surface area (Å²) in [5.74, 6) is 0. The first-order valence-corrected chi connectivity index (χ1v) is 4.69. The van der Waals surface area contributed by atoms with Crippen LogP contribution in [-0.2, 0) is 0 Å². The molecular weight excluding hydrogens is 160 g/mol. The number of allylic oxidation sites excluding steroid dienone is 1. The van der Waals surface area contributed by atoms with E-state index in [-0.39, 0.29) is 6.10 Å². The summed E-state index contributed by atoms with van der Waals surface area (Å²) in [5.41, 5.74) is 1.08. The Morgan fingerprint density at radius 2 is 2.36 bits per heavy atom. The number of rotatable bonds is 2. The fourth-order valence-electron chi connectivity index (χ4n) is 1.54. The zero-order valence-electron chi connectivity index (χ0n) is 6.94. The lowest BCUT2D eigenvalue weighted by Crippen LogP contribution is -2.15. The van der Waals surface area contributed by atoms with Gasteiger partial charge in [-0.15, -0.1) is 0 Å². The van der Waals surface area contributed by atoms with E-state index in [1.807, 2.05) is 0 Å². The SMILES string of the molecule is CCCC1=C(Cl)CCCC1O. The van der Waals surface area contributed by atoms with E-state index in [0.29, 0.717) is 0 Å². The normalized spacial score (nSPS) is 25.9. The molecule has 0 saturated heterocycles. The first kappa shape index (κ1) is 9.08. The number of hydrogen-bond donors (Lipinski definition) is 1. The van der Waals surface area contributed by atoms with Crippen molar-refractivity contribution in [3.63, 3.8) is 0 Å². The molecule has 1 nitrogen and oxygen atoms in total. The van der Waals surface area contributed by atoms with Crippen LogP contribution in [0.4, 0.5) is 0 Å². The van der Waals surface area contributed by atoms with Crippen LogP contribution >= 0.6 is 11.6 Å². The Labute approximate surface area is 73.1 Å². The molecule has 0 heterocycles. The second-order valence-corrected chi connectivity index (χ2v) is 3.54. The molecule has 11 heavy (non-hydrogen) atoms. The third kappa shape index (κ3) is 2.21. The predicted molar refractivity (Wildman–Crippen MR) is 47.6 cm³/mol. The summed E-state index contributed by atoms with van der Waals surface area (Å²) < 4.78 is 0. The molecule has 1 N–H and O–H groups in total. The van der Waals surface area contributed by atoms with Gasteiger partial charge < -0.3 is 5.11 Å². The average molecular weight is 175 g/mol. The lowest BCUT2D eigenvalue weighted by atomic mass is 9.93. The lowest BCUT2D eigenvalue weighted by molar-refractivity contribution is 0.186. The summed E-state index contributed by atoms with van der Waals surface area (Å²) in [5, 5.41) is 10.4. The molecule has 0 aromatic carbocycles. The van der Waals surface area contributed by atoms with Gasteiger partial charge in [0.2, 0.25) is 0 Å². The van der Waals surface area contributed by atoms with Gasteiger partial charge >= 0.3 is 0 Å². The smallest absolute Gasteiger partial charge is 0.0764 e. The Morgan fingerprint density at radius 1 is 1.64 bits per heavy atom. The Kier molecular flexibility index (Phi) is 3.41. The second kappa shape index (κ2) is 4.13. The zero-order chi connectivity index (χ0) is 8.27. The standard InChI is InChI=1S/C9H15ClO/c1-2-4-7-8(10)5-3-6-9(7)11/h9,11H,2-6H2,1H3. The first-order valence-electron chi connectivity index (χ1n) is 4.31. The van der Waals surface area contributed by atoms with Crippen molar-refractivity contribution in [3.8, 4) is 0 Å². The van der Waals surface area contributed by atoms with E-state index in [0.717, 1.165) is 42.7 Å². The quantitative estimate of drug-likeness (QED) is 0.683. The molecule has 0 spiro atoms. The number of aliphatic hydroxyl groups excluding tert-OH is 1. The summed E-state index contributed by atoms with van der Waals surface area (Å²) in [4.78, 5) is 0. The first-order chi connectivity index (χ1) is 5.25. The van der Waals surface area contributed by atoms with Gasteiger partial charge in [-0.2, -0.15) is 0 Å². The van der Waals surface area contributed by atoms with E-state index in [9.17, 15) is 5.11 Å². The van der Waals surface area contributed by atoms with Crippen LogP contribution in [-0.4, -0.2) is 11.2 Å². The van der Waals surface area contributed by atoms with Crippen molar-refractivity contribution in [2.24, 2.45) is 0 Å². The Morgan fingerprint density at radius 3 is 2.91 bits per heavy atom. The van der Waals surface area contributed by atoms with Crippen molar-refractivity contribution in [2.45, 2.75) is 45.1 Å². The van der Waals surface area contributed by atoms with E-state index in [4.69, 9.17) is 11.6 Å². The van der Waals surface area contributed by atoms with E-state index in [1.165, 1.54) is 0 Å². The highest BCUT2D eigenvalue weighted by molar-refractivity contribution is 6.30. The fraction of sp³-hybridized carbons (Fsp3) is 0.778. The largest absolute Gasteiger partial charge is 0.389 e. The van der Waals surface area contributed by atoms with Gasteiger partial charge in [0.15, 0.2) is 0 Å². The van der Waals surface area contributed by atoms with Crippen LogP contribution in [0.25, 0.3) is 0 Å². The summed E-state index contributed by atoms with van der Waals surface area (Å²) in [7, 11) is 0. The molecule has 0 fully saturated rings. The minimum absolute atomic E-state index is 0.254. The molecule has 2 heteroatoms. The summed E-state index contributed by atoms with van der Waals surface area (Å²) in [6.07, 6.45) is 4.67. The maximum absolute atomic E-state index is 9.53. The molecule has 0 bridgehead atoms. The van der Waals surface area contributed by atoms with Crippen LogP contribution in [0.15, 0.2) is 10.6 Å². The third-order valence-electron chi connectivity index (χ3n) is 2.14. The van der Waals surface area contributed by atoms with E-state index >= 15 is 0 Å². The highest BCUT2D eigenvalue weighted by Gasteiger charge is 2.18. The van der Waals surface area contributed by atoms with Crippen molar-refractivity contribution in [1.82, 2.24) is 0 Å². The van der Waals surface area contributed by atoms with E-state index in [1.54, 1.807) is 0 Å². The summed E-state index contributed by atoms with van der Waals surface area (Å²) >= 11 is 5.98.